The molecule has 0 radical (unpaired) electrons. The molecule has 0 aliphatic heterocycles. The zero-order valence-electron chi connectivity index (χ0n) is 13.1. The summed E-state index contributed by atoms with van der Waals surface area (Å²) in [6, 6.07) is 0.866. The Labute approximate surface area is 122 Å². The SMILES string of the molecule is CCCCCN(c1nc(C(C)NCC)cs1)C(C)C. The molecule has 0 aliphatic rings. The molecule has 0 aromatic carbocycles. The normalized spacial score (nSPS) is 12.9. The van der Waals surface area contributed by atoms with Crippen LogP contribution in [0.3, 0.4) is 0 Å². The van der Waals surface area contributed by atoms with Crippen molar-refractivity contribution in [2.45, 2.75) is 66.0 Å². The number of anilines is 1. The highest BCUT2D eigenvalue weighted by Crippen LogP contribution is 2.26. The molecule has 110 valence electrons. The van der Waals surface area contributed by atoms with E-state index in [0.717, 1.165) is 13.1 Å². The number of rotatable bonds is 9. The third-order valence-electron chi connectivity index (χ3n) is 3.34. The number of unbranched alkanes of at least 4 members (excludes halogenated alkanes) is 2. The van der Waals surface area contributed by atoms with E-state index in [9.17, 15) is 0 Å². The maximum Gasteiger partial charge on any atom is 0.185 e. The minimum absolute atomic E-state index is 0.347. The van der Waals surface area contributed by atoms with E-state index in [-0.39, 0.29) is 0 Å². The van der Waals surface area contributed by atoms with Crippen molar-refractivity contribution >= 4 is 16.5 Å². The van der Waals surface area contributed by atoms with E-state index in [0.29, 0.717) is 12.1 Å². The van der Waals surface area contributed by atoms with Crippen LogP contribution in [0.15, 0.2) is 5.38 Å². The van der Waals surface area contributed by atoms with Gasteiger partial charge in [0, 0.05) is 24.0 Å². The lowest BCUT2D eigenvalue weighted by atomic mass is 10.2. The lowest BCUT2D eigenvalue weighted by Crippen LogP contribution is -2.31. The Morgan fingerprint density at radius 1 is 1.26 bits per heavy atom. The molecule has 0 saturated carbocycles. The average Bonchev–Trinajstić information content (AvgIpc) is 2.84. The van der Waals surface area contributed by atoms with Gasteiger partial charge in [0.25, 0.3) is 0 Å². The summed E-state index contributed by atoms with van der Waals surface area (Å²) >= 11 is 1.77. The highest BCUT2D eigenvalue weighted by atomic mass is 32.1. The topological polar surface area (TPSA) is 28.2 Å². The van der Waals surface area contributed by atoms with Crippen molar-refractivity contribution in [1.82, 2.24) is 10.3 Å². The third-order valence-corrected chi connectivity index (χ3v) is 4.23. The highest BCUT2D eigenvalue weighted by molar-refractivity contribution is 7.13. The fourth-order valence-electron chi connectivity index (χ4n) is 2.12. The van der Waals surface area contributed by atoms with Crippen molar-refractivity contribution in [3.05, 3.63) is 11.1 Å². The predicted molar refractivity (Wildman–Crippen MR) is 86.2 cm³/mol. The minimum Gasteiger partial charge on any atom is -0.346 e. The van der Waals surface area contributed by atoms with Crippen molar-refractivity contribution in [2.75, 3.05) is 18.0 Å². The molecule has 0 bridgehead atoms. The number of hydrogen-bond acceptors (Lipinski definition) is 4. The van der Waals surface area contributed by atoms with Crippen molar-refractivity contribution in [3.8, 4) is 0 Å². The van der Waals surface area contributed by atoms with E-state index < -0.39 is 0 Å². The van der Waals surface area contributed by atoms with Gasteiger partial charge in [0.1, 0.15) is 0 Å². The lowest BCUT2D eigenvalue weighted by molar-refractivity contribution is 0.582. The van der Waals surface area contributed by atoms with Gasteiger partial charge in [-0.1, -0.05) is 26.7 Å². The summed E-state index contributed by atoms with van der Waals surface area (Å²) in [7, 11) is 0. The minimum atomic E-state index is 0.347. The first-order valence-electron chi connectivity index (χ1n) is 7.55. The number of thiazole rings is 1. The van der Waals surface area contributed by atoms with Crippen molar-refractivity contribution < 1.29 is 0 Å². The Hall–Kier alpha value is -0.610. The van der Waals surface area contributed by atoms with Gasteiger partial charge in [-0.2, -0.15) is 0 Å². The average molecular weight is 283 g/mol. The first-order chi connectivity index (χ1) is 9.10. The Kier molecular flexibility index (Phi) is 7.39. The molecule has 0 spiro atoms. The Morgan fingerprint density at radius 2 is 2.00 bits per heavy atom. The second-order valence-electron chi connectivity index (χ2n) is 5.33. The van der Waals surface area contributed by atoms with Gasteiger partial charge in [0.05, 0.1) is 5.69 Å². The molecule has 0 amide bonds. The van der Waals surface area contributed by atoms with Crippen LogP contribution < -0.4 is 10.2 Å². The summed E-state index contributed by atoms with van der Waals surface area (Å²) in [6.07, 6.45) is 3.83. The second-order valence-corrected chi connectivity index (χ2v) is 6.17. The van der Waals surface area contributed by atoms with Crippen LogP contribution in [-0.4, -0.2) is 24.1 Å². The lowest BCUT2D eigenvalue weighted by Gasteiger charge is -2.26. The van der Waals surface area contributed by atoms with Gasteiger partial charge in [-0.3, -0.25) is 0 Å². The maximum absolute atomic E-state index is 4.81. The van der Waals surface area contributed by atoms with Crippen LogP contribution in [0.5, 0.6) is 0 Å². The quantitative estimate of drug-likeness (QED) is 0.688. The Bertz CT molecular complexity index is 349. The number of nitrogens with zero attached hydrogens (tertiary/aromatic N) is 2. The van der Waals surface area contributed by atoms with Crippen molar-refractivity contribution in [3.63, 3.8) is 0 Å². The van der Waals surface area contributed by atoms with Crippen LogP contribution in [0.1, 0.15) is 65.6 Å². The second kappa shape index (κ2) is 8.54. The van der Waals surface area contributed by atoms with E-state index in [1.54, 1.807) is 11.3 Å². The molecular formula is C15H29N3S. The Balaban J connectivity index is 2.69. The summed E-state index contributed by atoms with van der Waals surface area (Å²) in [5.74, 6) is 0. The van der Waals surface area contributed by atoms with Crippen molar-refractivity contribution in [1.29, 1.82) is 0 Å². The zero-order chi connectivity index (χ0) is 14.3. The van der Waals surface area contributed by atoms with Gasteiger partial charge in [0.15, 0.2) is 5.13 Å². The molecule has 3 nitrogen and oxygen atoms in total. The molecule has 0 aliphatic carbocycles. The van der Waals surface area contributed by atoms with E-state index in [4.69, 9.17) is 4.98 Å². The van der Waals surface area contributed by atoms with Crippen LogP contribution in [0.4, 0.5) is 5.13 Å². The molecular weight excluding hydrogens is 254 g/mol. The first kappa shape index (κ1) is 16.4. The Morgan fingerprint density at radius 3 is 2.58 bits per heavy atom. The molecule has 0 fully saturated rings. The fourth-order valence-corrected chi connectivity index (χ4v) is 3.20. The van der Waals surface area contributed by atoms with Gasteiger partial charge in [-0.05, 0) is 33.7 Å². The molecule has 1 aromatic heterocycles. The smallest absolute Gasteiger partial charge is 0.185 e. The standard InChI is InChI=1S/C15H29N3S/c1-6-8-9-10-18(12(3)4)15-17-14(11-19-15)13(5)16-7-2/h11-13,16H,6-10H2,1-5H3. The third kappa shape index (κ3) is 5.11. The predicted octanol–water partition coefficient (Wildman–Crippen LogP) is 4.22. The van der Waals surface area contributed by atoms with Crippen LogP contribution in [0.25, 0.3) is 0 Å². The monoisotopic (exact) mass is 283 g/mol. The molecule has 1 N–H and O–H groups in total. The zero-order valence-corrected chi connectivity index (χ0v) is 13.9. The van der Waals surface area contributed by atoms with Crippen LogP contribution in [0.2, 0.25) is 0 Å². The van der Waals surface area contributed by atoms with E-state index in [1.807, 2.05) is 0 Å². The fraction of sp³-hybridized carbons (Fsp3) is 0.800. The molecule has 1 heterocycles. The molecule has 1 aromatic rings. The highest BCUT2D eigenvalue weighted by Gasteiger charge is 2.16. The summed E-state index contributed by atoms with van der Waals surface area (Å²) in [6.45, 7) is 13.2. The molecule has 4 heteroatoms. The first-order valence-corrected chi connectivity index (χ1v) is 8.43. The van der Waals surface area contributed by atoms with Gasteiger partial charge < -0.3 is 10.2 Å². The van der Waals surface area contributed by atoms with Crippen LogP contribution in [-0.2, 0) is 0 Å². The maximum atomic E-state index is 4.81. The summed E-state index contributed by atoms with van der Waals surface area (Å²) < 4.78 is 0. The summed E-state index contributed by atoms with van der Waals surface area (Å²) in [4.78, 5) is 7.24. The van der Waals surface area contributed by atoms with Crippen LogP contribution in [0, 0.1) is 0 Å². The van der Waals surface area contributed by atoms with Crippen molar-refractivity contribution in [2.24, 2.45) is 0 Å². The van der Waals surface area contributed by atoms with Crippen LogP contribution >= 0.6 is 11.3 Å². The molecule has 1 unspecified atom stereocenters. The number of nitrogens with one attached hydrogen (secondary N) is 1. The largest absolute Gasteiger partial charge is 0.346 e. The number of aromatic nitrogens is 1. The molecule has 19 heavy (non-hydrogen) atoms. The molecule has 1 atom stereocenters. The van der Waals surface area contributed by atoms with Gasteiger partial charge in [-0.15, -0.1) is 11.3 Å². The summed E-state index contributed by atoms with van der Waals surface area (Å²) in [5.41, 5.74) is 1.17. The van der Waals surface area contributed by atoms with E-state index >= 15 is 0 Å². The summed E-state index contributed by atoms with van der Waals surface area (Å²) in [5, 5.41) is 6.79. The van der Waals surface area contributed by atoms with Gasteiger partial charge in [-0.25, -0.2) is 4.98 Å². The molecule has 0 saturated heterocycles. The van der Waals surface area contributed by atoms with Gasteiger partial charge in [0.2, 0.25) is 0 Å². The molecule has 1 rings (SSSR count). The van der Waals surface area contributed by atoms with E-state index in [1.165, 1.54) is 30.1 Å². The van der Waals surface area contributed by atoms with Gasteiger partial charge >= 0.3 is 0 Å². The van der Waals surface area contributed by atoms with E-state index in [2.05, 4.69) is 50.2 Å². The number of hydrogen-bond donors (Lipinski definition) is 1.